The predicted molar refractivity (Wildman–Crippen MR) is 181 cm³/mol. The van der Waals surface area contributed by atoms with E-state index >= 15 is 4.39 Å². The van der Waals surface area contributed by atoms with E-state index in [-0.39, 0.29) is 39.2 Å². The summed E-state index contributed by atoms with van der Waals surface area (Å²) in [5.41, 5.74) is 1.77. The molecule has 0 radical (unpaired) electrons. The molecule has 1 N–H and O–H groups in total. The number of nitrogens with one attached hydrogen (secondary N) is 1. The quantitative estimate of drug-likeness (QED) is 0.143. The highest BCUT2D eigenvalue weighted by Crippen LogP contribution is 2.33. The first-order valence-corrected chi connectivity index (χ1v) is 17.1. The lowest BCUT2D eigenvalue weighted by Crippen LogP contribution is -2.53. The number of sulfonamides is 1. The smallest absolute Gasteiger partial charge is 0.264 e. The fourth-order valence-electron chi connectivity index (χ4n) is 4.90. The van der Waals surface area contributed by atoms with E-state index in [1.165, 1.54) is 53.4 Å². The van der Waals surface area contributed by atoms with Crippen molar-refractivity contribution in [2.75, 3.05) is 17.4 Å². The third-order valence-electron chi connectivity index (χ3n) is 7.46. The Morgan fingerprint density at radius 3 is 2.26 bits per heavy atom. The minimum absolute atomic E-state index is 0.0130. The van der Waals surface area contributed by atoms with E-state index in [2.05, 4.69) is 5.32 Å². The number of carbonyl (C=O) groups is 2. The summed E-state index contributed by atoms with van der Waals surface area (Å²) in [6.45, 7) is 3.18. The molecule has 242 valence electrons. The lowest BCUT2D eigenvalue weighted by atomic mass is 10.0. The molecule has 0 aliphatic carbocycles. The number of benzene rings is 4. The number of halogens is 3. The van der Waals surface area contributed by atoms with Gasteiger partial charge in [0.2, 0.25) is 11.8 Å². The van der Waals surface area contributed by atoms with Crippen molar-refractivity contribution in [1.29, 1.82) is 0 Å². The number of hydrogen-bond acceptors (Lipinski definition) is 4. The van der Waals surface area contributed by atoms with Gasteiger partial charge in [-0.15, -0.1) is 0 Å². The van der Waals surface area contributed by atoms with Gasteiger partial charge in [0.05, 0.1) is 15.6 Å². The van der Waals surface area contributed by atoms with Crippen LogP contribution in [-0.4, -0.2) is 44.3 Å². The average Bonchev–Trinajstić information content (AvgIpc) is 3.04. The lowest BCUT2D eigenvalue weighted by molar-refractivity contribution is -0.140. The first kappa shape index (κ1) is 34.9. The number of anilines is 1. The summed E-state index contributed by atoms with van der Waals surface area (Å²) < 4.78 is 44.3. The van der Waals surface area contributed by atoms with Crippen LogP contribution in [0.15, 0.2) is 102 Å². The molecule has 7 nitrogen and oxygen atoms in total. The maximum absolute atomic E-state index is 15.0. The van der Waals surface area contributed by atoms with Gasteiger partial charge >= 0.3 is 0 Å². The molecular weight excluding hydrogens is 648 g/mol. The minimum atomic E-state index is -4.37. The van der Waals surface area contributed by atoms with E-state index in [1.54, 1.807) is 18.2 Å². The van der Waals surface area contributed by atoms with E-state index in [0.717, 1.165) is 28.3 Å². The van der Waals surface area contributed by atoms with Crippen LogP contribution >= 0.6 is 23.2 Å². The fraction of sp³-hybridized carbons (Fsp3) is 0.257. The summed E-state index contributed by atoms with van der Waals surface area (Å²) in [5.74, 6) is -1.73. The Hall–Kier alpha value is -3.92. The molecule has 4 aromatic rings. The van der Waals surface area contributed by atoms with Crippen LogP contribution in [0.5, 0.6) is 0 Å². The van der Waals surface area contributed by atoms with Gasteiger partial charge in [-0.3, -0.25) is 13.9 Å². The normalized spacial score (nSPS) is 11.9. The van der Waals surface area contributed by atoms with Gasteiger partial charge in [0, 0.05) is 30.1 Å². The summed E-state index contributed by atoms with van der Waals surface area (Å²) in [6, 6.07) is 24.5. The molecule has 0 aromatic heterocycles. The van der Waals surface area contributed by atoms with Gasteiger partial charge in [0.1, 0.15) is 18.4 Å². The van der Waals surface area contributed by atoms with E-state index in [0.29, 0.717) is 6.54 Å². The molecule has 0 spiro atoms. The SMILES string of the molecule is CCCCNC(=O)[C@H](Cc1ccccc1)N(Cc1ccccc1F)C(=O)CN(c1cc(Cl)ccc1Cl)S(=O)(=O)c1ccc(C)cc1. The van der Waals surface area contributed by atoms with Crippen molar-refractivity contribution in [2.24, 2.45) is 0 Å². The van der Waals surface area contributed by atoms with Gasteiger partial charge < -0.3 is 10.2 Å². The zero-order valence-electron chi connectivity index (χ0n) is 25.6. The predicted octanol–water partition coefficient (Wildman–Crippen LogP) is 7.19. The third kappa shape index (κ3) is 8.87. The highest BCUT2D eigenvalue weighted by molar-refractivity contribution is 7.92. The van der Waals surface area contributed by atoms with E-state index in [9.17, 15) is 18.0 Å². The Morgan fingerprint density at radius 2 is 1.59 bits per heavy atom. The van der Waals surface area contributed by atoms with Crippen LogP contribution in [0.1, 0.15) is 36.5 Å². The number of amides is 2. The maximum Gasteiger partial charge on any atom is 0.264 e. The summed E-state index contributed by atoms with van der Waals surface area (Å²) >= 11 is 12.8. The molecule has 46 heavy (non-hydrogen) atoms. The number of aryl methyl sites for hydroxylation is 1. The summed E-state index contributed by atoms with van der Waals surface area (Å²) in [7, 11) is -4.37. The second kappa shape index (κ2) is 16.1. The largest absolute Gasteiger partial charge is 0.354 e. The van der Waals surface area contributed by atoms with Crippen LogP contribution in [0, 0.1) is 12.7 Å². The number of nitrogens with zero attached hydrogens (tertiary/aromatic N) is 2. The summed E-state index contributed by atoms with van der Waals surface area (Å²) in [6.07, 6.45) is 1.68. The molecule has 0 aliphatic rings. The van der Waals surface area contributed by atoms with Crippen molar-refractivity contribution in [1.82, 2.24) is 10.2 Å². The van der Waals surface area contributed by atoms with E-state index in [4.69, 9.17) is 23.2 Å². The Balaban J connectivity index is 1.83. The van der Waals surface area contributed by atoms with Crippen LogP contribution in [-0.2, 0) is 32.6 Å². The van der Waals surface area contributed by atoms with Crippen molar-refractivity contribution in [2.45, 2.75) is 50.6 Å². The molecule has 0 saturated heterocycles. The van der Waals surface area contributed by atoms with Gasteiger partial charge in [-0.25, -0.2) is 12.8 Å². The minimum Gasteiger partial charge on any atom is -0.354 e. The topological polar surface area (TPSA) is 86.8 Å². The monoisotopic (exact) mass is 683 g/mol. The molecule has 11 heteroatoms. The van der Waals surface area contributed by atoms with Crippen molar-refractivity contribution in [3.63, 3.8) is 0 Å². The molecule has 0 aliphatic heterocycles. The average molecular weight is 685 g/mol. The molecule has 0 fully saturated rings. The van der Waals surface area contributed by atoms with Gasteiger partial charge in [0.25, 0.3) is 10.0 Å². The molecular formula is C35H36Cl2FN3O4S. The summed E-state index contributed by atoms with van der Waals surface area (Å²) in [5, 5.41) is 3.16. The van der Waals surface area contributed by atoms with Crippen LogP contribution < -0.4 is 9.62 Å². The zero-order valence-corrected chi connectivity index (χ0v) is 28.0. The Kier molecular flexibility index (Phi) is 12.2. The number of unbranched alkanes of at least 4 members (excludes halogenated alkanes) is 1. The highest BCUT2D eigenvalue weighted by Gasteiger charge is 2.35. The molecule has 2 amide bonds. The molecule has 0 saturated carbocycles. The Labute approximate surface area is 280 Å². The second-order valence-electron chi connectivity index (χ2n) is 10.9. The third-order valence-corrected chi connectivity index (χ3v) is 9.79. The summed E-state index contributed by atoms with van der Waals surface area (Å²) in [4.78, 5) is 29.4. The standard InChI is InChI=1S/C35H36Cl2FN3O4S/c1-3-4-20-39-35(43)33(21-26-10-6-5-7-11-26)40(23-27-12-8-9-13-31(27)38)34(42)24-41(32-22-28(36)16-19-30(32)37)46(44,45)29-17-14-25(2)15-18-29/h5-19,22,33H,3-4,20-21,23-24H2,1-2H3,(H,39,43)/t33-/m0/s1. The van der Waals surface area contributed by atoms with Crippen molar-refractivity contribution in [3.8, 4) is 0 Å². The number of carbonyl (C=O) groups excluding carboxylic acids is 2. The van der Waals surface area contributed by atoms with Crippen molar-refractivity contribution >= 4 is 50.7 Å². The molecule has 4 rings (SSSR count). The highest BCUT2D eigenvalue weighted by atomic mass is 35.5. The maximum atomic E-state index is 15.0. The van der Waals surface area contributed by atoms with Crippen LogP contribution in [0.3, 0.4) is 0 Å². The fourth-order valence-corrected chi connectivity index (χ4v) is 6.76. The molecule has 0 bridgehead atoms. The Bertz CT molecular complexity index is 1760. The van der Waals surface area contributed by atoms with E-state index in [1.807, 2.05) is 44.2 Å². The van der Waals surface area contributed by atoms with Gasteiger partial charge in [-0.2, -0.15) is 0 Å². The molecule has 1 atom stereocenters. The van der Waals surface area contributed by atoms with E-state index < -0.39 is 40.2 Å². The van der Waals surface area contributed by atoms with Crippen LogP contribution in [0.4, 0.5) is 10.1 Å². The van der Waals surface area contributed by atoms with Crippen molar-refractivity contribution < 1.29 is 22.4 Å². The molecule has 0 unspecified atom stereocenters. The first-order valence-electron chi connectivity index (χ1n) is 14.9. The molecule has 0 heterocycles. The van der Waals surface area contributed by atoms with Gasteiger partial charge in [0.15, 0.2) is 0 Å². The van der Waals surface area contributed by atoms with Crippen LogP contribution in [0.25, 0.3) is 0 Å². The van der Waals surface area contributed by atoms with Gasteiger partial charge in [-0.1, -0.05) is 103 Å². The van der Waals surface area contributed by atoms with Crippen molar-refractivity contribution in [3.05, 3.63) is 130 Å². The number of hydrogen-bond donors (Lipinski definition) is 1. The van der Waals surface area contributed by atoms with Gasteiger partial charge in [-0.05, 0) is 55.3 Å². The van der Waals surface area contributed by atoms with Crippen LogP contribution in [0.2, 0.25) is 10.0 Å². The second-order valence-corrected chi connectivity index (χ2v) is 13.6. The Morgan fingerprint density at radius 1 is 0.913 bits per heavy atom. The zero-order chi connectivity index (χ0) is 33.3. The number of rotatable bonds is 14. The first-order chi connectivity index (χ1) is 22.0. The lowest BCUT2D eigenvalue weighted by Gasteiger charge is -2.34. The molecule has 4 aromatic carbocycles.